The van der Waals surface area contributed by atoms with Gasteiger partial charge in [0.15, 0.2) is 5.69 Å². The zero-order valence-corrected chi connectivity index (χ0v) is 17.7. The first-order chi connectivity index (χ1) is 14.6. The van der Waals surface area contributed by atoms with E-state index in [1.165, 1.54) is 6.07 Å². The largest absolute Gasteiger partial charge is 0.435 e. The van der Waals surface area contributed by atoms with E-state index in [4.69, 9.17) is 0 Å². The van der Waals surface area contributed by atoms with Crippen molar-refractivity contribution in [2.24, 2.45) is 0 Å². The van der Waals surface area contributed by atoms with Gasteiger partial charge in [-0.25, -0.2) is 13.3 Å². The summed E-state index contributed by atoms with van der Waals surface area (Å²) in [6.07, 6.45) is -4.65. The van der Waals surface area contributed by atoms with Crippen LogP contribution < -0.4 is 5.32 Å². The van der Waals surface area contributed by atoms with Crippen molar-refractivity contribution >= 4 is 16.6 Å². The Labute approximate surface area is 179 Å². The fourth-order valence-electron chi connectivity index (χ4n) is 3.49. The van der Waals surface area contributed by atoms with Gasteiger partial charge in [0.1, 0.15) is 17.7 Å². The van der Waals surface area contributed by atoms with Gasteiger partial charge in [0.2, 0.25) is 0 Å². The van der Waals surface area contributed by atoms with E-state index in [0.717, 1.165) is 16.3 Å². The zero-order chi connectivity index (χ0) is 22.5. The molecule has 0 spiro atoms. The van der Waals surface area contributed by atoms with Crippen molar-refractivity contribution in [1.82, 2.24) is 9.78 Å². The highest BCUT2D eigenvalue weighted by molar-refractivity contribution is 7.89. The minimum absolute atomic E-state index is 0.0977. The molecule has 3 aromatic rings. The highest BCUT2D eigenvalue weighted by atomic mass is 32.2. The summed E-state index contributed by atoms with van der Waals surface area (Å²) in [4.78, 5) is 0.808. The molecule has 0 radical (unpaired) electrons. The first kappa shape index (κ1) is 21.3. The Morgan fingerprint density at radius 3 is 2.32 bits per heavy atom. The van der Waals surface area contributed by atoms with Gasteiger partial charge in [-0.05, 0) is 50.1 Å². The summed E-state index contributed by atoms with van der Waals surface area (Å²) in [5.74, 6) is -0.403. The van der Waals surface area contributed by atoms with E-state index < -0.39 is 34.5 Å². The van der Waals surface area contributed by atoms with E-state index >= 15 is 0 Å². The number of rotatable bonds is 3. The molecular formula is C22H19F4N3OS. The van der Waals surface area contributed by atoms with E-state index in [9.17, 15) is 21.8 Å². The van der Waals surface area contributed by atoms with Crippen LogP contribution in [-0.4, -0.2) is 14.0 Å². The van der Waals surface area contributed by atoms with Crippen molar-refractivity contribution in [3.8, 4) is 0 Å². The quantitative estimate of drug-likeness (QED) is 0.521. The topological polar surface area (TPSA) is 46.9 Å². The lowest BCUT2D eigenvalue weighted by Crippen LogP contribution is -2.27. The Balaban J connectivity index is 1.91. The average Bonchev–Trinajstić information content (AvgIpc) is 3.13. The molecule has 162 valence electrons. The molecule has 31 heavy (non-hydrogen) atoms. The van der Waals surface area contributed by atoms with Gasteiger partial charge < -0.3 is 5.32 Å². The molecule has 0 aliphatic carbocycles. The van der Waals surface area contributed by atoms with E-state index in [2.05, 4.69) is 10.4 Å². The number of halogens is 4. The first-order valence-corrected chi connectivity index (χ1v) is 10.6. The number of allylic oxidation sites excluding steroid dienone is 2. The lowest BCUT2D eigenvalue weighted by Gasteiger charge is -2.30. The number of aromatic nitrogens is 2. The van der Waals surface area contributed by atoms with Crippen molar-refractivity contribution in [3.05, 3.63) is 87.3 Å². The second-order valence-corrected chi connectivity index (χ2v) is 8.91. The van der Waals surface area contributed by atoms with Gasteiger partial charge in [-0.1, -0.05) is 29.8 Å². The molecule has 0 amide bonds. The van der Waals surface area contributed by atoms with Gasteiger partial charge in [-0.3, -0.25) is 0 Å². The molecule has 1 N–H and O–H groups in total. The molecule has 0 saturated heterocycles. The fraction of sp³-hybridized carbons (Fsp3) is 0.227. The van der Waals surface area contributed by atoms with Crippen molar-refractivity contribution in [1.29, 1.82) is 0 Å². The Kier molecular flexibility index (Phi) is 5.25. The monoisotopic (exact) mass is 449 g/mol. The van der Waals surface area contributed by atoms with Crippen LogP contribution in [0.5, 0.6) is 0 Å². The lowest BCUT2D eigenvalue weighted by molar-refractivity contribution is -0.141. The normalized spacial score (nSPS) is 17.3. The molecule has 2 heterocycles. The predicted octanol–water partition coefficient (Wildman–Crippen LogP) is 5.71. The minimum Gasteiger partial charge on any atom is -0.343 e. The van der Waals surface area contributed by atoms with Crippen molar-refractivity contribution in [2.45, 2.75) is 37.9 Å². The minimum atomic E-state index is -4.65. The van der Waals surface area contributed by atoms with Crippen LogP contribution in [0.2, 0.25) is 0 Å². The number of fused-ring (bicyclic) bond motifs is 1. The second kappa shape index (κ2) is 7.64. The maximum Gasteiger partial charge on any atom is 0.435 e. The Bertz CT molecular complexity index is 1210. The highest BCUT2D eigenvalue weighted by Crippen LogP contribution is 2.41. The van der Waals surface area contributed by atoms with Gasteiger partial charge in [0, 0.05) is 16.7 Å². The molecule has 0 bridgehead atoms. The van der Waals surface area contributed by atoms with Gasteiger partial charge >= 0.3 is 6.18 Å². The number of benzene rings is 2. The molecule has 2 unspecified atom stereocenters. The van der Waals surface area contributed by atoms with Crippen LogP contribution in [0.25, 0.3) is 0 Å². The Morgan fingerprint density at radius 2 is 1.71 bits per heavy atom. The standard InChI is InChI=1S/C22H19F4N3OS/c1-12-4-8-16(9-5-12)31(30)21-14(3)27-19-11-18(22(24,25)26)28-29(19)20(21)15-7-6-13(2)17(23)10-15/h4-11,20,27H,1-3H3. The summed E-state index contributed by atoms with van der Waals surface area (Å²) in [5, 5.41) is 6.63. The zero-order valence-electron chi connectivity index (χ0n) is 16.9. The molecule has 1 aliphatic heterocycles. The molecule has 0 fully saturated rings. The number of nitrogens with zero attached hydrogens (tertiary/aromatic N) is 2. The third-order valence-corrected chi connectivity index (χ3v) is 6.78. The van der Waals surface area contributed by atoms with Gasteiger partial charge in [-0.15, -0.1) is 0 Å². The fourth-order valence-corrected chi connectivity index (χ4v) is 4.90. The van der Waals surface area contributed by atoms with Crippen molar-refractivity contribution < 1.29 is 21.8 Å². The van der Waals surface area contributed by atoms with E-state index in [0.29, 0.717) is 26.6 Å². The van der Waals surface area contributed by atoms with E-state index in [-0.39, 0.29) is 5.82 Å². The number of alkyl halides is 3. The Hall–Kier alpha value is -2.94. The van der Waals surface area contributed by atoms with Crippen LogP contribution >= 0.6 is 0 Å². The van der Waals surface area contributed by atoms with Gasteiger partial charge in [-0.2, -0.15) is 18.3 Å². The second-order valence-electron chi connectivity index (χ2n) is 7.46. The average molecular weight is 449 g/mol. The molecule has 4 rings (SSSR count). The number of hydrogen-bond donors (Lipinski definition) is 1. The Morgan fingerprint density at radius 1 is 1.03 bits per heavy atom. The maximum atomic E-state index is 14.4. The number of aryl methyl sites for hydroxylation is 2. The molecule has 1 aliphatic rings. The summed E-state index contributed by atoms with van der Waals surface area (Å²) in [5.41, 5.74) is 1.09. The van der Waals surface area contributed by atoms with Crippen LogP contribution in [0.15, 0.2) is 64.0 Å². The molecule has 2 aromatic carbocycles. The summed E-state index contributed by atoms with van der Waals surface area (Å²) in [6.45, 7) is 5.13. The number of anilines is 1. The smallest absolute Gasteiger partial charge is 0.343 e. The van der Waals surface area contributed by atoms with Gasteiger partial charge in [0.25, 0.3) is 0 Å². The van der Waals surface area contributed by atoms with Crippen molar-refractivity contribution in [2.75, 3.05) is 5.32 Å². The molecule has 0 saturated carbocycles. The van der Waals surface area contributed by atoms with Crippen LogP contribution in [-0.2, 0) is 17.0 Å². The summed E-state index contributed by atoms with van der Waals surface area (Å²) >= 11 is 0. The number of hydrogen-bond acceptors (Lipinski definition) is 3. The highest BCUT2D eigenvalue weighted by Gasteiger charge is 2.39. The molecule has 1 aromatic heterocycles. The summed E-state index contributed by atoms with van der Waals surface area (Å²) < 4.78 is 69.1. The van der Waals surface area contributed by atoms with Crippen LogP contribution in [0.4, 0.5) is 23.4 Å². The van der Waals surface area contributed by atoms with Crippen LogP contribution in [0.1, 0.15) is 35.3 Å². The van der Waals surface area contributed by atoms with Crippen LogP contribution in [0.3, 0.4) is 0 Å². The predicted molar refractivity (Wildman–Crippen MR) is 110 cm³/mol. The van der Waals surface area contributed by atoms with E-state index in [1.54, 1.807) is 50.2 Å². The van der Waals surface area contributed by atoms with E-state index in [1.807, 2.05) is 6.92 Å². The lowest BCUT2D eigenvalue weighted by atomic mass is 10.0. The molecule has 4 nitrogen and oxygen atoms in total. The summed E-state index contributed by atoms with van der Waals surface area (Å²) in [7, 11) is -1.72. The maximum absolute atomic E-state index is 14.4. The first-order valence-electron chi connectivity index (χ1n) is 9.45. The SMILES string of the molecule is CC1=C(S(=O)c2ccc(C)cc2)C(c2ccc(C)c(F)c2)n2nc(C(F)(F)F)cc2N1. The molecule has 9 heteroatoms. The third kappa shape index (κ3) is 3.89. The van der Waals surface area contributed by atoms with Gasteiger partial charge in [0.05, 0.1) is 15.7 Å². The third-order valence-electron chi connectivity index (χ3n) is 5.15. The summed E-state index contributed by atoms with van der Waals surface area (Å²) in [6, 6.07) is 11.4. The van der Waals surface area contributed by atoms with Crippen LogP contribution in [0, 0.1) is 19.7 Å². The number of nitrogens with one attached hydrogen (secondary N) is 1. The van der Waals surface area contributed by atoms with Crippen molar-refractivity contribution in [3.63, 3.8) is 0 Å². The molecular weight excluding hydrogens is 430 g/mol. The molecule has 2 atom stereocenters.